The second-order valence-corrected chi connectivity index (χ2v) is 4.16. The van der Waals surface area contributed by atoms with Gasteiger partial charge in [0.05, 0.1) is 0 Å². The molecule has 0 bridgehead atoms. The van der Waals surface area contributed by atoms with Crippen LogP contribution in [-0.2, 0) is 4.79 Å². The lowest BCUT2D eigenvalue weighted by Gasteiger charge is -2.31. The van der Waals surface area contributed by atoms with E-state index in [1.165, 1.54) is 0 Å². The Hall–Kier alpha value is -1.26. The molecule has 0 spiro atoms. The Morgan fingerprint density at radius 3 is 3.06 bits per heavy atom. The second kappa shape index (κ2) is 5.72. The number of carboxylic acid groups (broad SMARTS) is 1. The zero-order valence-corrected chi connectivity index (χ0v) is 9.52. The standard InChI is InChI=1S/C10H18N4O2/c1-2-8-4-3-5-10(8,9(15)16)12-6-7-13-14-11/h8,12H,2-7H2,1H3,(H,15,16). The van der Waals surface area contributed by atoms with Crippen LogP contribution in [0, 0.1) is 5.92 Å². The molecule has 6 nitrogen and oxygen atoms in total. The van der Waals surface area contributed by atoms with Crippen molar-refractivity contribution in [3.05, 3.63) is 10.4 Å². The summed E-state index contributed by atoms with van der Waals surface area (Å²) >= 11 is 0. The van der Waals surface area contributed by atoms with Crippen molar-refractivity contribution in [2.24, 2.45) is 11.0 Å². The summed E-state index contributed by atoms with van der Waals surface area (Å²) in [4.78, 5) is 14.0. The molecule has 0 radical (unpaired) electrons. The number of nitrogens with one attached hydrogen (secondary N) is 1. The summed E-state index contributed by atoms with van der Waals surface area (Å²) in [6.07, 6.45) is 3.43. The molecule has 1 saturated carbocycles. The van der Waals surface area contributed by atoms with Crippen LogP contribution in [0.2, 0.25) is 0 Å². The summed E-state index contributed by atoms with van der Waals surface area (Å²) in [5.74, 6) is -0.603. The third-order valence-electron chi connectivity index (χ3n) is 3.41. The van der Waals surface area contributed by atoms with Gasteiger partial charge in [0.25, 0.3) is 0 Å². The number of carbonyl (C=O) groups is 1. The van der Waals surface area contributed by atoms with Gasteiger partial charge in [-0.05, 0) is 24.3 Å². The summed E-state index contributed by atoms with van der Waals surface area (Å²) in [5, 5.41) is 15.8. The fourth-order valence-electron chi connectivity index (χ4n) is 2.59. The van der Waals surface area contributed by atoms with Crippen LogP contribution in [0.5, 0.6) is 0 Å². The quantitative estimate of drug-likeness (QED) is 0.313. The van der Waals surface area contributed by atoms with Crippen LogP contribution in [-0.4, -0.2) is 29.7 Å². The lowest BCUT2D eigenvalue weighted by atomic mass is 9.85. The molecule has 90 valence electrons. The number of hydrogen-bond acceptors (Lipinski definition) is 3. The van der Waals surface area contributed by atoms with Gasteiger partial charge in [-0.3, -0.25) is 4.79 Å². The Bertz CT molecular complexity index is 301. The van der Waals surface area contributed by atoms with Crippen molar-refractivity contribution in [3.63, 3.8) is 0 Å². The van der Waals surface area contributed by atoms with Crippen LogP contribution in [0.25, 0.3) is 10.4 Å². The average Bonchev–Trinajstić information content (AvgIpc) is 2.68. The SMILES string of the molecule is CCC1CCCC1(NCCN=[N+]=[N-])C(=O)O. The predicted octanol–water partition coefficient (Wildman–Crippen LogP) is 1.92. The molecule has 2 atom stereocenters. The van der Waals surface area contributed by atoms with Crippen LogP contribution in [0.1, 0.15) is 32.6 Å². The molecule has 0 aromatic carbocycles. The lowest BCUT2D eigenvalue weighted by Crippen LogP contribution is -2.55. The molecule has 6 heteroatoms. The number of nitrogens with zero attached hydrogens (tertiary/aromatic N) is 3. The highest BCUT2D eigenvalue weighted by atomic mass is 16.4. The Morgan fingerprint density at radius 2 is 2.50 bits per heavy atom. The van der Waals surface area contributed by atoms with Gasteiger partial charge in [0.15, 0.2) is 0 Å². The highest BCUT2D eigenvalue weighted by molar-refractivity contribution is 5.79. The van der Waals surface area contributed by atoms with Crippen molar-refractivity contribution < 1.29 is 9.90 Å². The van der Waals surface area contributed by atoms with Crippen molar-refractivity contribution in [2.45, 2.75) is 38.1 Å². The largest absolute Gasteiger partial charge is 0.480 e. The first-order valence-corrected chi connectivity index (χ1v) is 5.66. The Balaban J connectivity index is 2.65. The van der Waals surface area contributed by atoms with Gasteiger partial charge in [-0.1, -0.05) is 24.9 Å². The summed E-state index contributed by atoms with van der Waals surface area (Å²) in [6.45, 7) is 2.73. The first-order valence-electron chi connectivity index (χ1n) is 5.66. The average molecular weight is 226 g/mol. The molecule has 0 aromatic rings. The van der Waals surface area contributed by atoms with Gasteiger partial charge in [0, 0.05) is 18.0 Å². The molecular formula is C10H18N4O2. The van der Waals surface area contributed by atoms with Crippen molar-refractivity contribution in [2.75, 3.05) is 13.1 Å². The Morgan fingerprint density at radius 1 is 1.75 bits per heavy atom. The van der Waals surface area contributed by atoms with Crippen LogP contribution in [0.4, 0.5) is 0 Å². The maximum atomic E-state index is 11.4. The maximum Gasteiger partial charge on any atom is 0.324 e. The summed E-state index contributed by atoms with van der Waals surface area (Å²) < 4.78 is 0. The van der Waals surface area contributed by atoms with E-state index in [4.69, 9.17) is 5.53 Å². The molecule has 1 fully saturated rings. The van der Waals surface area contributed by atoms with Gasteiger partial charge in [-0.2, -0.15) is 0 Å². The molecule has 1 rings (SSSR count). The van der Waals surface area contributed by atoms with E-state index in [0.29, 0.717) is 19.5 Å². The van der Waals surface area contributed by atoms with Crippen molar-refractivity contribution in [3.8, 4) is 0 Å². The molecule has 16 heavy (non-hydrogen) atoms. The van der Waals surface area contributed by atoms with E-state index in [1.807, 2.05) is 6.92 Å². The minimum atomic E-state index is -0.806. The number of aliphatic carboxylic acids is 1. The third-order valence-corrected chi connectivity index (χ3v) is 3.41. The smallest absolute Gasteiger partial charge is 0.324 e. The topological polar surface area (TPSA) is 98.1 Å². The van der Waals surface area contributed by atoms with E-state index < -0.39 is 11.5 Å². The normalized spacial score (nSPS) is 28.7. The Kier molecular flexibility index (Phi) is 4.58. The van der Waals surface area contributed by atoms with E-state index >= 15 is 0 Å². The van der Waals surface area contributed by atoms with E-state index in [9.17, 15) is 9.90 Å². The number of hydrogen-bond donors (Lipinski definition) is 2. The number of azide groups is 1. The van der Waals surface area contributed by atoms with E-state index in [1.54, 1.807) is 0 Å². The van der Waals surface area contributed by atoms with Gasteiger partial charge in [0.2, 0.25) is 0 Å². The van der Waals surface area contributed by atoms with Gasteiger partial charge < -0.3 is 10.4 Å². The summed E-state index contributed by atoms with van der Waals surface area (Å²) in [5.41, 5.74) is 7.34. The number of rotatable bonds is 6. The first-order chi connectivity index (χ1) is 7.67. The van der Waals surface area contributed by atoms with Gasteiger partial charge in [0.1, 0.15) is 5.54 Å². The fourth-order valence-corrected chi connectivity index (χ4v) is 2.59. The van der Waals surface area contributed by atoms with E-state index in [-0.39, 0.29) is 5.92 Å². The molecule has 0 aromatic heterocycles. The maximum absolute atomic E-state index is 11.4. The van der Waals surface area contributed by atoms with Crippen molar-refractivity contribution >= 4 is 5.97 Å². The Labute approximate surface area is 94.7 Å². The first kappa shape index (κ1) is 12.8. The highest BCUT2D eigenvalue weighted by Gasteiger charge is 2.47. The van der Waals surface area contributed by atoms with Crippen LogP contribution in [0.15, 0.2) is 5.11 Å². The summed E-state index contributed by atoms with van der Waals surface area (Å²) in [6, 6.07) is 0. The molecule has 1 aliphatic carbocycles. The number of carboxylic acids is 1. The molecule has 2 unspecified atom stereocenters. The fraction of sp³-hybridized carbons (Fsp3) is 0.900. The lowest BCUT2D eigenvalue weighted by molar-refractivity contribution is -0.146. The van der Waals surface area contributed by atoms with Crippen LogP contribution < -0.4 is 5.32 Å². The van der Waals surface area contributed by atoms with E-state index in [2.05, 4.69) is 15.3 Å². The predicted molar refractivity (Wildman–Crippen MR) is 60.0 cm³/mol. The zero-order valence-electron chi connectivity index (χ0n) is 9.52. The van der Waals surface area contributed by atoms with E-state index in [0.717, 1.165) is 19.3 Å². The molecule has 0 aliphatic heterocycles. The minimum Gasteiger partial charge on any atom is -0.480 e. The molecule has 0 heterocycles. The van der Waals surface area contributed by atoms with Gasteiger partial charge in [-0.15, -0.1) is 0 Å². The zero-order chi connectivity index (χ0) is 12.0. The molecular weight excluding hydrogens is 208 g/mol. The molecule has 1 aliphatic rings. The monoisotopic (exact) mass is 226 g/mol. The highest BCUT2D eigenvalue weighted by Crippen LogP contribution is 2.37. The second-order valence-electron chi connectivity index (χ2n) is 4.16. The van der Waals surface area contributed by atoms with Crippen molar-refractivity contribution in [1.82, 2.24) is 5.32 Å². The van der Waals surface area contributed by atoms with Gasteiger partial charge in [-0.25, -0.2) is 0 Å². The van der Waals surface area contributed by atoms with Crippen LogP contribution in [0.3, 0.4) is 0 Å². The molecule has 0 amide bonds. The van der Waals surface area contributed by atoms with Crippen molar-refractivity contribution in [1.29, 1.82) is 0 Å². The minimum absolute atomic E-state index is 0.177. The van der Waals surface area contributed by atoms with Gasteiger partial charge >= 0.3 is 5.97 Å². The summed E-state index contributed by atoms with van der Waals surface area (Å²) in [7, 11) is 0. The third kappa shape index (κ3) is 2.46. The van der Waals surface area contributed by atoms with Crippen LogP contribution >= 0.6 is 0 Å². The molecule has 2 N–H and O–H groups in total. The molecule has 0 saturated heterocycles.